The van der Waals surface area contributed by atoms with Crippen LogP contribution in [0.1, 0.15) is 23.9 Å². The van der Waals surface area contributed by atoms with Crippen LogP contribution in [0.3, 0.4) is 0 Å². The van der Waals surface area contributed by atoms with Crippen LogP contribution in [0.15, 0.2) is 0 Å². The Hall–Kier alpha value is -0.300. The van der Waals surface area contributed by atoms with E-state index in [1.54, 1.807) is 18.4 Å². The Morgan fingerprint density at radius 1 is 1.56 bits per heavy atom. The molecule has 1 unspecified atom stereocenters. The quantitative estimate of drug-likeness (QED) is 0.796. The molecule has 0 aliphatic rings. The molecule has 1 atom stereocenters. The number of nitrogens with zero attached hydrogens (tertiary/aromatic N) is 2. The van der Waals surface area contributed by atoms with Crippen molar-refractivity contribution in [3.8, 4) is 0 Å². The molecule has 104 valence electrons. The summed E-state index contributed by atoms with van der Waals surface area (Å²) in [6.07, 6.45) is 3.21. The van der Waals surface area contributed by atoms with Gasteiger partial charge in [0.2, 0.25) is 0 Å². The smallest absolute Gasteiger partial charge is 0.185 e. The number of aliphatic hydroxyl groups excluding tert-OH is 1. The first kappa shape index (κ1) is 15.8. The molecule has 0 saturated heterocycles. The zero-order chi connectivity index (χ0) is 13.5. The first-order valence-electron chi connectivity index (χ1n) is 5.98. The minimum atomic E-state index is 0.0313. The SMILES string of the molecule is CCC(CSC)N(C)c1nc(COC)c(CO)s1. The van der Waals surface area contributed by atoms with Gasteiger partial charge >= 0.3 is 0 Å². The summed E-state index contributed by atoms with van der Waals surface area (Å²) in [5.74, 6) is 1.08. The Balaban J connectivity index is 2.87. The number of rotatable bonds is 8. The summed E-state index contributed by atoms with van der Waals surface area (Å²) in [7, 11) is 3.72. The van der Waals surface area contributed by atoms with Crippen LogP contribution in [0.5, 0.6) is 0 Å². The summed E-state index contributed by atoms with van der Waals surface area (Å²) in [6, 6.07) is 0.480. The third-order valence-electron chi connectivity index (χ3n) is 2.87. The largest absolute Gasteiger partial charge is 0.391 e. The maximum Gasteiger partial charge on any atom is 0.185 e. The van der Waals surface area contributed by atoms with Crippen molar-refractivity contribution in [1.82, 2.24) is 4.98 Å². The summed E-state index contributed by atoms with van der Waals surface area (Å²) in [5, 5.41) is 10.3. The molecular weight excluding hydrogens is 268 g/mol. The van der Waals surface area contributed by atoms with Crippen molar-refractivity contribution in [1.29, 1.82) is 0 Å². The summed E-state index contributed by atoms with van der Waals surface area (Å²) >= 11 is 3.40. The Morgan fingerprint density at radius 2 is 2.28 bits per heavy atom. The van der Waals surface area contributed by atoms with Crippen molar-refractivity contribution < 1.29 is 9.84 Å². The van der Waals surface area contributed by atoms with Gasteiger partial charge in [-0.3, -0.25) is 0 Å². The zero-order valence-corrected chi connectivity index (χ0v) is 13.1. The third kappa shape index (κ3) is 3.85. The fourth-order valence-corrected chi connectivity index (χ4v) is 3.55. The van der Waals surface area contributed by atoms with Gasteiger partial charge < -0.3 is 14.7 Å². The average Bonchev–Trinajstić information content (AvgIpc) is 2.78. The lowest BCUT2D eigenvalue weighted by Gasteiger charge is -2.26. The molecule has 6 heteroatoms. The minimum Gasteiger partial charge on any atom is -0.391 e. The average molecular weight is 290 g/mol. The summed E-state index contributed by atoms with van der Waals surface area (Å²) in [4.78, 5) is 7.68. The van der Waals surface area contributed by atoms with Gasteiger partial charge in [-0.2, -0.15) is 11.8 Å². The van der Waals surface area contributed by atoms with E-state index in [1.807, 2.05) is 11.8 Å². The molecular formula is C12H22N2O2S2. The van der Waals surface area contributed by atoms with Gasteiger partial charge in [-0.15, -0.1) is 0 Å². The van der Waals surface area contributed by atoms with Gasteiger partial charge in [0.25, 0.3) is 0 Å². The van der Waals surface area contributed by atoms with E-state index in [4.69, 9.17) is 4.74 Å². The number of thiazole rings is 1. The van der Waals surface area contributed by atoms with Gasteiger partial charge in [0.15, 0.2) is 5.13 Å². The Bertz CT molecular complexity index is 358. The van der Waals surface area contributed by atoms with Crippen molar-refractivity contribution in [3.63, 3.8) is 0 Å². The van der Waals surface area contributed by atoms with E-state index in [2.05, 4.69) is 30.1 Å². The van der Waals surface area contributed by atoms with Crippen LogP contribution >= 0.6 is 23.1 Å². The van der Waals surface area contributed by atoms with Crippen LogP contribution < -0.4 is 4.90 Å². The van der Waals surface area contributed by atoms with E-state index in [9.17, 15) is 5.11 Å². The van der Waals surface area contributed by atoms with Crippen LogP contribution in [0.25, 0.3) is 0 Å². The fraction of sp³-hybridized carbons (Fsp3) is 0.750. The summed E-state index contributed by atoms with van der Waals surface area (Å²) in [6.45, 7) is 2.68. The molecule has 1 rings (SSSR count). The molecule has 1 aromatic heterocycles. The number of hydrogen-bond donors (Lipinski definition) is 1. The highest BCUT2D eigenvalue weighted by Gasteiger charge is 2.18. The molecule has 0 aliphatic carbocycles. The summed E-state index contributed by atoms with van der Waals surface area (Å²) in [5.41, 5.74) is 0.853. The van der Waals surface area contributed by atoms with Crippen LogP contribution in [0.2, 0.25) is 0 Å². The highest BCUT2D eigenvalue weighted by molar-refractivity contribution is 7.98. The summed E-state index contributed by atoms with van der Waals surface area (Å²) < 4.78 is 5.11. The van der Waals surface area contributed by atoms with E-state index in [0.29, 0.717) is 12.6 Å². The Kier molecular flexibility index (Phi) is 6.99. The molecule has 0 aromatic carbocycles. The van der Waals surface area contributed by atoms with E-state index in [0.717, 1.165) is 27.9 Å². The fourth-order valence-electron chi connectivity index (χ4n) is 1.75. The monoisotopic (exact) mass is 290 g/mol. The van der Waals surface area contributed by atoms with Gasteiger partial charge in [-0.25, -0.2) is 4.98 Å². The minimum absolute atomic E-state index is 0.0313. The maximum absolute atomic E-state index is 9.33. The number of aliphatic hydroxyl groups is 1. The third-order valence-corrected chi connectivity index (χ3v) is 4.76. The number of thioether (sulfide) groups is 1. The van der Waals surface area contributed by atoms with Crippen molar-refractivity contribution in [2.75, 3.05) is 31.1 Å². The zero-order valence-electron chi connectivity index (χ0n) is 11.5. The molecule has 0 amide bonds. The second kappa shape index (κ2) is 7.99. The van der Waals surface area contributed by atoms with E-state index in [-0.39, 0.29) is 6.61 Å². The predicted molar refractivity (Wildman–Crippen MR) is 79.6 cm³/mol. The van der Waals surface area contributed by atoms with E-state index in [1.165, 1.54) is 0 Å². The molecule has 0 spiro atoms. The number of aromatic nitrogens is 1. The standard InChI is InChI=1S/C12H22N2O2S2/c1-5-9(8-17-4)14(2)12-13-10(7-16-3)11(6-15)18-12/h9,15H,5-8H2,1-4H3. The van der Waals surface area contributed by atoms with Crippen molar-refractivity contribution in [3.05, 3.63) is 10.6 Å². The molecule has 4 nitrogen and oxygen atoms in total. The van der Waals surface area contributed by atoms with Gasteiger partial charge in [-0.05, 0) is 12.7 Å². The highest BCUT2D eigenvalue weighted by atomic mass is 32.2. The molecule has 0 aliphatic heterocycles. The molecule has 1 heterocycles. The number of anilines is 1. The van der Waals surface area contributed by atoms with Crippen LogP contribution in [-0.2, 0) is 18.0 Å². The molecule has 0 bridgehead atoms. The van der Waals surface area contributed by atoms with E-state index < -0.39 is 0 Å². The molecule has 1 N–H and O–H groups in total. The van der Waals surface area contributed by atoms with Gasteiger partial charge in [0.1, 0.15) is 0 Å². The van der Waals surface area contributed by atoms with E-state index >= 15 is 0 Å². The lowest BCUT2D eigenvalue weighted by molar-refractivity contribution is 0.179. The first-order chi connectivity index (χ1) is 8.67. The second-order valence-corrected chi connectivity index (χ2v) is 6.06. The predicted octanol–water partition coefficient (Wildman–Crippen LogP) is 2.36. The molecule has 0 fully saturated rings. The number of methoxy groups -OCH3 is 1. The molecule has 18 heavy (non-hydrogen) atoms. The van der Waals surface area contributed by atoms with Crippen molar-refractivity contribution >= 4 is 28.2 Å². The molecule has 1 aromatic rings. The van der Waals surface area contributed by atoms with Crippen LogP contribution in [0, 0.1) is 0 Å². The van der Waals surface area contributed by atoms with Crippen molar-refractivity contribution in [2.24, 2.45) is 0 Å². The lowest BCUT2D eigenvalue weighted by Crippen LogP contribution is -2.33. The van der Waals surface area contributed by atoms with Crippen LogP contribution in [0.4, 0.5) is 5.13 Å². The highest BCUT2D eigenvalue weighted by Crippen LogP contribution is 2.28. The van der Waals surface area contributed by atoms with Gasteiger partial charge in [0.05, 0.1) is 23.8 Å². The lowest BCUT2D eigenvalue weighted by atomic mass is 10.2. The van der Waals surface area contributed by atoms with Gasteiger partial charge in [-0.1, -0.05) is 18.3 Å². The second-order valence-electron chi connectivity index (χ2n) is 4.09. The first-order valence-corrected chi connectivity index (χ1v) is 8.19. The normalized spacial score (nSPS) is 12.7. The maximum atomic E-state index is 9.33. The topological polar surface area (TPSA) is 45.6 Å². The Morgan fingerprint density at radius 3 is 2.78 bits per heavy atom. The molecule has 0 radical (unpaired) electrons. The van der Waals surface area contributed by atoms with Crippen LogP contribution in [-0.4, -0.2) is 42.3 Å². The Labute approximate surface area is 117 Å². The number of hydrogen-bond acceptors (Lipinski definition) is 6. The molecule has 0 saturated carbocycles. The number of ether oxygens (including phenoxy) is 1. The van der Waals surface area contributed by atoms with Crippen molar-refractivity contribution in [2.45, 2.75) is 32.6 Å². The van der Waals surface area contributed by atoms with Gasteiger partial charge in [0, 0.05) is 26.0 Å².